The number of nitrogens with two attached hydrogens (primary N) is 1. The highest BCUT2D eigenvalue weighted by atomic mass is 31.2. The van der Waals surface area contributed by atoms with Crippen LogP contribution in [0.3, 0.4) is 0 Å². The molecule has 0 aliphatic rings. The molecule has 0 heterocycles. The maximum absolute atomic E-state index is 10.7. The Labute approximate surface area is 80.2 Å². The summed E-state index contributed by atoms with van der Waals surface area (Å²) in [6, 6.07) is 0. The largest absolute Gasteiger partial charge is 0.388 e. The Morgan fingerprint density at radius 2 is 1.64 bits per heavy atom. The van der Waals surface area contributed by atoms with Crippen molar-refractivity contribution in [2.75, 3.05) is 6.54 Å². The van der Waals surface area contributed by atoms with Crippen LogP contribution in [0.25, 0.3) is 0 Å². The monoisotopic (exact) mass is 246 g/mol. The Hall–Kier alpha value is -0.230. The maximum atomic E-state index is 10.7. The van der Waals surface area contributed by atoms with Crippen molar-refractivity contribution in [3.8, 4) is 0 Å². The Morgan fingerprint density at radius 1 is 1.29 bits per heavy atom. The van der Waals surface area contributed by atoms with E-state index < -0.39 is 27.1 Å². The summed E-state index contributed by atoms with van der Waals surface area (Å²) in [4.78, 5) is 37.9. The molecule has 0 aromatic heterocycles. The molecular weight excluding hydrogens is 234 g/mol. The second-order valence-electron chi connectivity index (χ2n) is 2.64. The predicted molar refractivity (Wildman–Crippen MR) is 50.0 cm³/mol. The van der Waals surface area contributed by atoms with Crippen LogP contribution in [0.5, 0.6) is 0 Å². The van der Waals surface area contributed by atoms with Crippen molar-refractivity contribution in [3.05, 3.63) is 0 Å². The number of nitrogens with zero attached hydrogens (tertiary/aromatic N) is 1. The summed E-state index contributed by atoms with van der Waals surface area (Å²) >= 11 is 0. The van der Waals surface area contributed by atoms with Gasteiger partial charge in [-0.3, -0.25) is 14.1 Å². The smallest absolute Gasteiger partial charge is 0.342 e. The summed E-state index contributed by atoms with van der Waals surface area (Å²) in [6.07, 6.45) is 0. The van der Waals surface area contributed by atoms with Gasteiger partial charge in [-0.15, -0.1) is 0 Å². The van der Waals surface area contributed by atoms with Crippen LogP contribution >= 0.6 is 15.2 Å². The minimum Gasteiger partial charge on any atom is -0.388 e. The molecule has 0 fully saturated rings. The normalized spacial score (nSPS) is 14.9. The van der Waals surface area contributed by atoms with E-state index in [1.54, 1.807) is 0 Å². The summed E-state index contributed by atoms with van der Waals surface area (Å²) < 4.78 is 21.4. The highest BCUT2D eigenvalue weighted by Crippen LogP contribution is 2.59. The summed E-state index contributed by atoms with van der Waals surface area (Å²) in [7, 11) is -9.76. The molecular formula is C4H12N2O6P2. The predicted octanol–water partition coefficient (Wildman–Crippen LogP) is -0.955. The summed E-state index contributed by atoms with van der Waals surface area (Å²) in [5.74, 6) is -0.00287. The van der Waals surface area contributed by atoms with Gasteiger partial charge in [0.2, 0.25) is 0 Å². The van der Waals surface area contributed by atoms with Crippen LogP contribution in [0.15, 0.2) is 4.99 Å². The molecule has 0 aliphatic heterocycles. The summed E-state index contributed by atoms with van der Waals surface area (Å²) in [5, 5.41) is -2.12. The molecule has 6 N–H and O–H groups in total. The molecule has 10 heteroatoms. The van der Waals surface area contributed by atoms with Gasteiger partial charge < -0.3 is 25.3 Å². The van der Waals surface area contributed by atoms with E-state index in [1.165, 1.54) is 6.92 Å². The van der Waals surface area contributed by atoms with Crippen LogP contribution in [-0.2, 0) is 9.13 Å². The van der Waals surface area contributed by atoms with Crippen molar-refractivity contribution in [2.24, 2.45) is 10.7 Å². The molecule has 0 aromatic carbocycles. The minimum absolute atomic E-state index is 0.00287. The van der Waals surface area contributed by atoms with Gasteiger partial charge in [0.05, 0.1) is 12.4 Å². The third-order valence-electron chi connectivity index (χ3n) is 1.28. The molecule has 14 heavy (non-hydrogen) atoms. The first-order valence-electron chi connectivity index (χ1n) is 3.42. The van der Waals surface area contributed by atoms with Crippen molar-refractivity contribution >= 4 is 21.0 Å². The Kier molecular flexibility index (Phi) is 4.45. The zero-order valence-electron chi connectivity index (χ0n) is 7.31. The van der Waals surface area contributed by atoms with Crippen LogP contribution in [0.1, 0.15) is 6.92 Å². The van der Waals surface area contributed by atoms with Gasteiger partial charge in [0.25, 0.3) is 0 Å². The Bertz CT molecular complexity index is 290. The van der Waals surface area contributed by atoms with Crippen molar-refractivity contribution in [1.29, 1.82) is 0 Å². The lowest BCUT2D eigenvalue weighted by Gasteiger charge is -2.17. The second-order valence-corrected chi connectivity index (χ2v) is 6.65. The highest BCUT2D eigenvalue weighted by Gasteiger charge is 2.43. The molecule has 0 atom stereocenters. The highest BCUT2D eigenvalue weighted by molar-refractivity contribution is 7.70. The Morgan fingerprint density at radius 3 is 1.86 bits per heavy atom. The molecule has 0 saturated heterocycles. The topological polar surface area (TPSA) is 153 Å². The van der Waals surface area contributed by atoms with E-state index in [2.05, 4.69) is 4.99 Å². The van der Waals surface area contributed by atoms with Gasteiger partial charge in [0.15, 0.2) is 5.40 Å². The fourth-order valence-electron chi connectivity index (χ4n) is 0.634. The number of hydrogen-bond donors (Lipinski definition) is 5. The second kappa shape index (κ2) is 4.53. The zero-order valence-corrected chi connectivity index (χ0v) is 9.10. The number of amidine groups is 1. The van der Waals surface area contributed by atoms with Crippen molar-refractivity contribution in [2.45, 2.75) is 12.3 Å². The average Bonchev–Trinajstić information content (AvgIpc) is 1.78. The lowest BCUT2D eigenvalue weighted by Crippen LogP contribution is -2.16. The third-order valence-corrected chi connectivity index (χ3v) is 4.97. The van der Waals surface area contributed by atoms with Gasteiger partial charge in [-0.25, -0.2) is 0 Å². The standard InChI is InChI=1S/C4H12N2O6P2/c1-3(5)6-2-4(13(7,8)9)14(10,11)12/h4H,2H2,1H3,(H2,5,6)(H2,7,8,9)(H2,10,11,12). The molecule has 0 amide bonds. The zero-order chi connectivity index (χ0) is 11.6. The fraction of sp³-hybridized carbons (Fsp3) is 0.750. The van der Waals surface area contributed by atoms with Gasteiger partial charge in [-0.1, -0.05) is 0 Å². The number of rotatable bonds is 4. The van der Waals surface area contributed by atoms with E-state index >= 15 is 0 Å². The van der Waals surface area contributed by atoms with Crippen LogP contribution < -0.4 is 5.73 Å². The van der Waals surface area contributed by atoms with Gasteiger partial charge >= 0.3 is 15.2 Å². The van der Waals surface area contributed by atoms with Crippen LogP contribution in [0.2, 0.25) is 0 Å². The van der Waals surface area contributed by atoms with Crippen molar-refractivity contribution in [3.63, 3.8) is 0 Å². The quantitative estimate of drug-likeness (QED) is 0.243. The molecule has 0 spiro atoms. The molecule has 0 aromatic rings. The van der Waals surface area contributed by atoms with E-state index in [0.717, 1.165) is 0 Å². The average molecular weight is 246 g/mol. The van der Waals surface area contributed by atoms with Crippen LogP contribution in [0, 0.1) is 0 Å². The SMILES string of the molecule is CC(N)=NCC(P(=O)(O)O)P(=O)(O)O. The van der Waals surface area contributed by atoms with Crippen LogP contribution in [0.4, 0.5) is 0 Å². The van der Waals surface area contributed by atoms with Crippen molar-refractivity contribution in [1.82, 2.24) is 0 Å². The number of aliphatic imine (C=N–C) groups is 1. The molecule has 0 unspecified atom stereocenters. The lowest BCUT2D eigenvalue weighted by molar-refractivity contribution is 0.339. The lowest BCUT2D eigenvalue weighted by atomic mass is 10.7. The summed E-state index contributed by atoms with van der Waals surface area (Å²) in [6.45, 7) is 0.646. The van der Waals surface area contributed by atoms with E-state index in [-0.39, 0.29) is 5.84 Å². The molecule has 84 valence electrons. The van der Waals surface area contributed by atoms with Crippen LogP contribution in [-0.4, -0.2) is 37.4 Å². The fourth-order valence-corrected chi connectivity index (χ4v) is 2.79. The molecule has 0 rings (SSSR count). The van der Waals surface area contributed by atoms with E-state index in [0.29, 0.717) is 0 Å². The maximum Gasteiger partial charge on any atom is 0.342 e. The van der Waals surface area contributed by atoms with E-state index in [1.807, 2.05) is 0 Å². The minimum atomic E-state index is -4.88. The first-order valence-corrected chi connectivity index (χ1v) is 6.78. The third kappa shape index (κ3) is 4.85. The molecule has 0 radical (unpaired) electrons. The first-order chi connectivity index (χ1) is 6.05. The summed E-state index contributed by atoms with van der Waals surface area (Å²) in [5.41, 5.74) is 5.07. The molecule has 0 aliphatic carbocycles. The molecule has 0 bridgehead atoms. The molecule has 0 saturated carbocycles. The van der Waals surface area contributed by atoms with E-state index in [4.69, 9.17) is 25.3 Å². The van der Waals surface area contributed by atoms with Crippen molar-refractivity contribution < 1.29 is 28.7 Å². The van der Waals surface area contributed by atoms with Gasteiger partial charge in [-0.05, 0) is 6.92 Å². The first kappa shape index (κ1) is 13.8. The van der Waals surface area contributed by atoms with E-state index in [9.17, 15) is 9.13 Å². The Balaban J connectivity index is 4.88. The van der Waals surface area contributed by atoms with Gasteiger partial charge in [0.1, 0.15) is 0 Å². The molecule has 8 nitrogen and oxygen atoms in total. The van der Waals surface area contributed by atoms with Gasteiger partial charge in [-0.2, -0.15) is 0 Å². The number of hydrogen-bond acceptors (Lipinski definition) is 3. The van der Waals surface area contributed by atoms with Gasteiger partial charge in [0, 0.05) is 0 Å².